The molecule has 108 valence electrons. The summed E-state index contributed by atoms with van der Waals surface area (Å²) in [7, 11) is 0. The Morgan fingerprint density at radius 1 is 1.47 bits per heavy atom. The van der Waals surface area contributed by atoms with Crippen LogP contribution in [0.1, 0.15) is 17.8 Å². The summed E-state index contributed by atoms with van der Waals surface area (Å²) in [5.41, 5.74) is 0. The molecule has 1 aliphatic rings. The summed E-state index contributed by atoms with van der Waals surface area (Å²) in [4.78, 5) is 8.90. The van der Waals surface area contributed by atoms with E-state index in [0.717, 1.165) is 13.2 Å². The minimum atomic E-state index is -5.08. The van der Waals surface area contributed by atoms with Crippen molar-refractivity contribution in [2.24, 2.45) is 0 Å². The molecular formula is C9H12F3N3O4. The fourth-order valence-corrected chi connectivity index (χ4v) is 1.18. The van der Waals surface area contributed by atoms with Crippen molar-refractivity contribution in [2.75, 3.05) is 19.8 Å². The van der Waals surface area contributed by atoms with Gasteiger partial charge in [-0.1, -0.05) is 0 Å². The van der Waals surface area contributed by atoms with Crippen LogP contribution in [0.15, 0.2) is 4.42 Å². The molecule has 1 atom stereocenters. The minimum Gasteiger partial charge on any atom is -0.475 e. The lowest BCUT2D eigenvalue weighted by Gasteiger charge is -2.20. The molecule has 10 heteroatoms. The van der Waals surface area contributed by atoms with Gasteiger partial charge < -0.3 is 19.6 Å². The standard InChI is InChI=1S/C7H11N3O2.C2HF3O2/c1-5-9-10-7(12-5)6-4-11-3-2-8-6;3-2(4,5)1(6)7/h6,8H,2-4H2,1H3;(H,6,7). The first kappa shape index (κ1) is 15.4. The number of hydrogen-bond donors (Lipinski definition) is 2. The molecular weight excluding hydrogens is 271 g/mol. The molecule has 0 bridgehead atoms. The van der Waals surface area contributed by atoms with Crippen LogP contribution in [-0.4, -0.2) is 47.2 Å². The normalized spacial score (nSPS) is 19.5. The molecule has 2 N–H and O–H groups in total. The number of carboxylic acid groups (broad SMARTS) is 1. The van der Waals surface area contributed by atoms with Gasteiger partial charge in [0.05, 0.1) is 13.2 Å². The van der Waals surface area contributed by atoms with Gasteiger partial charge in [0.1, 0.15) is 6.04 Å². The second-order valence-corrected chi connectivity index (χ2v) is 3.54. The monoisotopic (exact) mass is 283 g/mol. The number of aromatic nitrogens is 2. The number of morpholine rings is 1. The van der Waals surface area contributed by atoms with E-state index in [1.54, 1.807) is 6.92 Å². The largest absolute Gasteiger partial charge is 0.490 e. The number of alkyl halides is 3. The van der Waals surface area contributed by atoms with E-state index >= 15 is 0 Å². The van der Waals surface area contributed by atoms with Crippen LogP contribution in [0, 0.1) is 6.92 Å². The second-order valence-electron chi connectivity index (χ2n) is 3.54. The number of rotatable bonds is 1. The first-order chi connectivity index (χ1) is 8.80. The van der Waals surface area contributed by atoms with Crippen LogP contribution in [-0.2, 0) is 9.53 Å². The second kappa shape index (κ2) is 6.48. The number of aliphatic carboxylic acids is 1. The summed E-state index contributed by atoms with van der Waals surface area (Å²) in [6, 6.07) is 0.0694. The number of halogens is 3. The Balaban J connectivity index is 0.000000224. The summed E-state index contributed by atoms with van der Waals surface area (Å²) in [5.74, 6) is -1.54. The quantitative estimate of drug-likeness (QED) is 0.781. The van der Waals surface area contributed by atoms with E-state index in [1.165, 1.54) is 0 Å². The Morgan fingerprint density at radius 3 is 2.47 bits per heavy atom. The van der Waals surface area contributed by atoms with Crippen LogP contribution in [0.2, 0.25) is 0 Å². The van der Waals surface area contributed by atoms with Gasteiger partial charge in [-0.05, 0) is 0 Å². The number of carboxylic acids is 1. The van der Waals surface area contributed by atoms with Crippen LogP contribution < -0.4 is 5.32 Å². The van der Waals surface area contributed by atoms with E-state index in [1.807, 2.05) is 0 Å². The van der Waals surface area contributed by atoms with E-state index in [-0.39, 0.29) is 6.04 Å². The number of aryl methyl sites for hydroxylation is 1. The fraction of sp³-hybridized carbons (Fsp3) is 0.667. The highest BCUT2D eigenvalue weighted by Crippen LogP contribution is 2.13. The van der Waals surface area contributed by atoms with Gasteiger partial charge in [-0.15, -0.1) is 10.2 Å². The maximum Gasteiger partial charge on any atom is 0.490 e. The van der Waals surface area contributed by atoms with Crippen LogP contribution in [0.25, 0.3) is 0 Å². The molecule has 1 aromatic heterocycles. The van der Waals surface area contributed by atoms with Crippen molar-refractivity contribution in [3.8, 4) is 0 Å². The molecule has 19 heavy (non-hydrogen) atoms. The molecule has 1 aliphatic heterocycles. The van der Waals surface area contributed by atoms with E-state index in [9.17, 15) is 13.2 Å². The number of hydrogen-bond acceptors (Lipinski definition) is 6. The van der Waals surface area contributed by atoms with E-state index in [0.29, 0.717) is 18.4 Å². The van der Waals surface area contributed by atoms with Crippen molar-refractivity contribution >= 4 is 5.97 Å². The molecule has 1 unspecified atom stereocenters. The smallest absolute Gasteiger partial charge is 0.475 e. The number of ether oxygens (including phenoxy) is 1. The number of carbonyl (C=O) groups is 1. The highest BCUT2D eigenvalue weighted by atomic mass is 19.4. The molecule has 1 aromatic rings. The fourth-order valence-electron chi connectivity index (χ4n) is 1.18. The Bertz CT molecular complexity index is 415. The zero-order chi connectivity index (χ0) is 14.5. The topological polar surface area (TPSA) is 97.5 Å². The van der Waals surface area contributed by atoms with Gasteiger partial charge in [-0.3, -0.25) is 0 Å². The zero-order valence-electron chi connectivity index (χ0n) is 9.90. The van der Waals surface area contributed by atoms with Crippen LogP contribution in [0.4, 0.5) is 13.2 Å². The third kappa shape index (κ3) is 5.22. The van der Waals surface area contributed by atoms with Gasteiger partial charge in [0.25, 0.3) is 0 Å². The molecule has 0 saturated carbocycles. The highest BCUT2D eigenvalue weighted by molar-refractivity contribution is 5.73. The number of nitrogens with one attached hydrogen (secondary N) is 1. The summed E-state index contributed by atoms with van der Waals surface area (Å²) in [5, 5.41) is 18.0. The average molecular weight is 283 g/mol. The van der Waals surface area contributed by atoms with E-state index in [2.05, 4.69) is 15.5 Å². The van der Waals surface area contributed by atoms with Crippen molar-refractivity contribution in [1.82, 2.24) is 15.5 Å². The van der Waals surface area contributed by atoms with Crippen molar-refractivity contribution in [2.45, 2.75) is 19.1 Å². The summed E-state index contributed by atoms with van der Waals surface area (Å²) in [6.45, 7) is 3.98. The molecule has 0 amide bonds. The lowest BCUT2D eigenvalue weighted by Crippen LogP contribution is -2.34. The van der Waals surface area contributed by atoms with Gasteiger partial charge in [-0.2, -0.15) is 13.2 Å². The predicted molar refractivity (Wildman–Crippen MR) is 54.3 cm³/mol. The highest BCUT2D eigenvalue weighted by Gasteiger charge is 2.38. The van der Waals surface area contributed by atoms with E-state index < -0.39 is 12.1 Å². The Labute approximate surface area is 105 Å². The van der Waals surface area contributed by atoms with Crippen LogP contribution >= 0.6 is 0 Å². The summed E-state index contributed by atoms with van der Waals surface area (Å²) in [6.07, 6.45) is -5.08. The molecule has 2 rings (SSSR count). The molecule has 1 fully saturated rings. The van der Waals surface area contributed by atoms with Gasteiger partial charge in [0, 0.05) is 13.5 Å². The number of nitrogens with zero attached hydrogens (tertiary/aromatic N) is 2. The van der Waals surface area contributed by atoms with Crippen LogP contribution in [0.3, 0.4) is 0 Å². The van der Waals surface area contributed by atoms with Crippen molar-refractivity contribution in [3.63, 3.8) is 0 Å². The summed E-state index contributed by atoms with van der Waals surface area (Å²) >= 11 is 0. The lowest BCUT2D eigenvalue weighted by molar-refractivity contribution is -0.192. The predicted octanol–water partition coefficient (Wildman–Crippen LogP) is 0.672. The minimum absolute atomic E-state index is 0.0694. The van der Waals surface area contributed by atoms with Gasteiger partial charge in [0.2, 0.25) is 11.8 Å². The summed E-state index contributed by atoms with van der Waals surface area (Å²) < 4.78 is 42.2. The molecule has 7 nitrogen and oxygen atoms in total. The Kier molecular flexibility index (Phi) is 5.24. The molecule has 0 spiro atoms. The van der Waals surface area contributed by atoms with Gasteiger partial charge >= 0.3 is 12.1 Å². The van der Waals surface area contributed by atoms with E-state index in [4.69, 9.17) is 19.1 Å². The molecule has 0 aliphatic carbocycles. The maximum atomic E-state index is 10.6. The van der Waals surface area contributed by atoms with Crippen molar-refractivity contribution in [1.29, 1.82) is 0 Å². The third-order valence-electron chi connectivity index (χ3n) is 2.00. The van der Waals surface area contributed by atoms with Crippen molar-refractivity contribution < 1.29 is 32.2 Å². The molecule has 2 heterocycles. The maximum absolute atomic E-state index is 10.6. The SMILES string of the molecule is Cc1nnc(C2COCCN2)o1.O=C(O)C(F)(F)F. The first-order valence-electron chi connectivity index (χ1n) is 5.22. The van der Waals surface area contributed by atoms with Crippen LogP contribution in [0.5, 0.6) is 0 Å². The van der Waals surface area contributed by atoms with Gasteiger partial charge in [-0.25, -0.2) is 4.79 Å². The first-order valence-corrected chi connectivity index (χ1v) is 5.22. The molecule has 0 radical (unpaired) electrons. The molecule has 0 aromatic carbocycles. The zero-order valence-corrected chi connectivity index (χ0v) is 9.90. The molecule has 1 saturated heterocycles. The van der Waals surface area contributed by atoms with Crippen molar-refractivity contribution in [3.05, 3.63) is 11.8 Å². The Morgan fingerprint density at radius 2 is 2.11 bits per heavy atom. The third-order valence-corrected chi connectivity index (χ3v) is 2.00. The Hall–Kier alpha value is -1.68. The van der Waals surface area contributed by atoms with Gasteiger partial charge in [0.15, 0.2) is 0 Å². The lowest BCUT2D eigenvalue weighted by atomic mass is 10.3. The average Bonchev–Trinajstić information content (AvgIpc) is 2.77.